The lowest BCUT2D eigenvalue weighted by Crippen LogP contribution is -2.57. The quantitative estimate of drug-likeness (QED) is 0.109. The smallest absolute Gasteiger partial charge is 0.407 e. The third-order valence-corrected chi connectivity index (χ3v) is 6.72. The number of carbonyl (C=O) groups is 8. The number of hydrogen-bond acceptors (Lipinski definition) is 9. The topological polar surface area (TPSA) is 238 Å². The van der Waals surface area contributed by atoms with Gasteiger partial charge >= 0.3 is 18.0 Å². The molecule has 0 radical (unpaired) electrons. The zero-order valence-corrected chi connectivity index (χ0v) is 25.8. The Morgan fingerprint density at radius 2 is 1.57 bits per heavy atom. The highest BCUT2D eigenvalue weighted by Gasteiger charge is 2.40. The normalized spacial score (nSPS) is 16.4. The molecule has 1 fully saturated rings. The molecule has 5 amide bonds. The summed E-state index contributed by atoms with van der Waals surface area (Å²) in [6.45, 7) is 8.59. The molecule has 6 N–H and O–H groups in total. The highest BCUT2D eigenvalue weighted by molar-refractivity contribution is 6.38. The van der Waals surface area contributed by atoms with Crippen molar-refractivity contribution in [2.45, 2.75) is 97.3 Å². The Bertz CT molecular complexity index is 1080. The zero-order valence-electron chi connectivity index (χ0n) is 25.8. The van der Waals surface area contributed by atoms with E-state index in [1.165, 1.54) is 4.90 Å². The van der Waals surface area contributed by atoms with Crippen LogP contribution in [0, 0.1) is 11.8 Å². The van der Waals surface area contributed by atoms with E-state index in [0.717, 1.165) is 0 Å². The molecule has 0 aromatic rings. The number of carboxylic acid groups (broad SMARTS) is 2. The molecule has 248 valence electrons. The van der Waals surface area contributed by atoms with Crippen molar-refractivity contribution >= 4 is 47.4 Å². The monoisotopic (exact) mass is 627 g/mol. The van der Waals surface area contributed by atoms with Gasteiger partial charge < -0.3 is 41.1 Å². The summed E-state index contributed by atoms with van der Waals surface area (Å²) in [5, 5.41) is 27.2. The van der Waals surface area contributed by atoms with Crippen LogP contribution in [0.4, 0.5) is 4.79 Å². The first-order chi connectivity index (χ1) is 20.6. The van der Waals surface area contributed by atoms with Crippen LogP contribution in [-0.2, 0) is 38.3 Å². The Morgan fingerprint density at radius 3 is 2.11 bits per heavy atom. The summed E-state index contributed by atoms with van der Waals surface area (Å²) in [7, 11) is 0. The van der Waals surface area contributed by atoms with Crippen molar-refractivity contribution in [2.24, 2.45) is 11.8 Å². The fourth-order valence-corrected chi connectivity index (χ4v) is 4.41. The van der Waals surface area contributed by atoms with Crippen LogP contribution in [-0.4, -0.2) is 106 Å². The van der Waals surface area contributed by atoms with Gasteiger partial charge in [-0.3, -0.25) is 28.8 Å². The number of rotatable bonds is 18. The summed E-state index contributed by atoms with van der Waals surface area (Å²) in [5.41, 5.74) is 0. The molecule has 16 nitrogen and oxygen atoms in total. The molecule has 0 saturated carbocycles. The van der Waals surface area contributed by atoms with Crippen LogP contribution >= 0.6 is 0 Å². The molecule has 4 unspecified atom stereocenters. The number of ketones is 1. The van der Waals surface area contributed by atoms with Crippen LogP contribution in [0.3, 0.4) is 0 Å². The van der Waals surface area contributed by atoms with Crippen molar-refractivity contribution in [3.8, 4) is 0 Å². The van der Waals surface area contributed by atoms with Crippen LogP contribution in [0.15, 0.2) is 0 Å². The van der Waals surface area contributed by atoms with Gasteiger partial charge in [0.15, 0.2) is 0 Å². The lowest BCUT2D eigenvalue weighted by molar-refractivity contribution is -0.144. The summed E-state index contributed by atoms with van der Waals surface area (Å²) < 4.78 is 5.13. The minimum Gasteiger partial charge on any atom is -0.481 e. The number of carbonyl (C=O) groups excluding carboxylic acids is 6. The van der Waals surface area contributed by atoms with Gasteiger partial charge in [0.2, 0.25) is 23.5 Å². The van der Waals surface area contributed by atoms with Crippen molar-refractivity contribution in [1.29, 1.82) is 0 Å². The Kier molecular flexibility index (Phi) is 15.8. The molecular weight excluding hydrogens is 582 g/mol. The first kappa shape index (κ1) is 37.8. The van der Waals surface area contributed by atoms with Gasteiger partial charge in [-0.1, -0.05) is 41.0 Å². The van der Waals surface area contributed by atoms with Gasteiger partial charge in [0.1, 0.15) is 18.1 Å². The molecule has 1 saturated heterocycles. The molecule has 0 spiro atoms. The predicted molar refractivity (Wildman–Crippen MR) is 154 cm³/mol. The van der Waals surface area contributed by atoms with Crippen LogP contribution in [0.2, 0.25) is 0 Å². The predicted octanol–water partition coefficient (Wildman–Crippen LogP) is -0.211. The summed E-state index contributed by atoms with van der Waals surface area (Å²) in [5.74, 6) is -7.27. The van der Waals surface area contributed by atoms with Gasteiger partial charge in [-0.15, -0.1) is 0 Å². The van der Waals surface area contributed by atoms with Crippen molar-refractivity contribution in [3.05, 3.63) is 0 Å². The number of Topliss-reactive ketones (excluding diaryl/α,β-unsaturated/α-hetero) is 1. The highest BCUT2D eigenvalue weighted by atomic mass is 16.5. The first-order valence-corrected chi connectivity index (χ1v) is 14.7. The van der Waals surface area contributed by atoms with Crippen LogP contribution in [0.5, 0.6) is 0 Å². The van der Waals surface area contributed by atoms with Crippen LogP contribution in [0.25, 0.3) is 0 Å². The van der Waals surface area contributed by atoms with Gasteiger partial charge in [0, 0.05) is 13.0 Å². The molecular formula is C28H45N5O11. The van der Waals surface area contributed by atoms with Gasteiger partial charge in [-0.05, 0) is 37.5 Å². The number of hydrogen-bond donors (Lipinski definition) is 6. The average Bonchev–Trinajstić information content (AvgIpc) is 3.44. The lowest BCUT2D eigenvalue weighted by Gasteiger charge is -2.31. The van der Waals surface area contributed by atoms with E-state index in [9.17, 15) is 38.4 Å². The van der Waals surface area contributed by atoms with Crippen molar-refractivity contribution in [3.63, 3.8) is 0 Å². The second-order valence-electron chi connectivity index (χ2n) is 11.3. The third kappa shape index (κ3) is 12.6. The minimum atomic E-state index is -1.51. The van der Waals surface area contributed by atoms with E-state index >= 15 is 0 Å². The van der Waals surface area contributed by atoms with Crippen molar-refractivity contribution in [1.82, 2.24) is 26.2 Å². The standard InChI is InChI=1S/C28H45N5O11/c1-6-8-17(23(37)25(39)29-13-20(34)30-18(27(41)42)10-11-21(35)36)31-24(38)19-9-7-12-33(19)26(40)22(16(4)5)32-28(43)44-14-15(2)3/h15-19,22H,6-14H2,1-5H3,(H,29,39)(H,30,34)(H,31,38)(H,32,43)(H,35,36)(H,41,42). The second-order valence-corrected chi connectivity index (χ2v) is 11.3. The number of ether oxygens (including phenoxy) is 1. The maximum absolute atomic E-state index is 13.4. The molecule has 1 rings (SSSR count). The maximum atomic E-state index is 13.4. The summed E-state index contributed by atoms with van der Waals surface area (Å²) in [6, 6.07) is -4.68. The lowest BCUT2D eigenvalue weighted by atomic mass is 10.0. The summed E-state index contributed by atoms with van der Waals surface area (Å²) in [6.07, 6.45) is -0.365. The molecule has 0 bridgehead atoms. The fourth-order valence-electron chi connectivity index (χ4n) is 4.41. The van der Waals surface area contributed by atoms with Gasteiger partial charge in [0.25, 0.3) is 5.91 Å². The Balaban J connectivity index is 2.85. The van der Waals surface area contributed by atoms with Gasteiger partial charge in [-0.25, -0.2) is 9.59 Å². The van der Waals surface area contributed by atoms with E-state index in [1.807, 2.05) is 13.8 Å². The molecule has 16 heteroatoms. The van der Waals surface area contributed by atoms with E-state index < -0.39 is 84.6 Å². The first-order valence-electron chi connectivity index (χ1n) is 14.7. The van der Waals surface area contributed by atoms with Crippen molar-refractivity contribution in [2.75, 3.05) is 19.7 Å². The SMILES string of the molecule is CCCC(NC(=O)C1CCCN1C(=O)C(NC(=O)OCC(C)C)C(C)C)C(=O)C(=O)NCC(=O)NC(CCC(=O)O)C(=O)O. The number of carboxylic acids is 2. The van der Waals surface area contributed by atoms with E-state index in [1.54, 1.807) is 20.8 Å². The second kappa shape index (κ2) is 18.4. The highest BCUT2D eigenvalue weighted by Crippen LogP contribution is 2.21. The average molecular weight is 628 g/mol. The summed E-state index contributed by atoms with van der Waals surface area (Å²) in [4.78, 5) is 99.8. The number of alkyl carbamates (subject to hydrolysis) is 1. The maximum Gasteiger partial charge on any atom is 0.407 e. The largest absolute Gasteiger partial charge is 0.481 e. The van der Waals surface area contributed by atoms with E-state index in [4.69, 9.17) is 14.9 Å². The number of likely N-dealkylation sites (tertiary alicyclic amines) is 1. The molecule has 0 aromatic heterocycles. The number of aliphatic carboxylic acids is 2. The molecule has 1 heterocycles. The molecule has 1 aliphatic heterocycles. The number of amides is 5. The Hall–Kier alpha value is -4.24. The third-order valence-electron chi connectivity index (χ3n) is 6.72. The molecule has 4 atom stereocenters. The van der Waals surface area contributed by atoms with E-state index in [2.05, 4.69) is 21.3 Å². The van der Waals surface area contributed by atoms with Gasteiger partial charge in [-0.2, -0.15) is 0 Å². The molecule has 0 aromatic carbocycles. The Labute approximate surface area is 256 Å². The van der Waals surface area contributed by atoms with E-state index in [-0.39, 0.29) is 37.8 Å². The van der Waals surface area contributed by atoms with E-state index in [0.29, 0.717) is 19.3 Å². The summed E-state index contributed by atoms with van der Waals surface area (Å²) >= 11 is 0. The number of nitrogens with zero attached hydrogens (tertiary/aromatic N) is 1. The van der Waals surface area contributed by atoms with Gasteiger partial charge in [0.05, 0.1) is 19.2 Å². The van der Waals surface area contributed by atoms with Crippen molar-refractivity contribution < 1.29 is 53.3 Å². The number of nitrogens with one attached hydrogen (secondary N) is 4. The molecule has 0 aliphatic carbocycles. The zero-order chi connectivity index (χ0) is 33.6. The molecule has 1 aliphatic rings. The fraction of sp³-hybridized carbons (Fsp3) is 0.714. The van der Waals surface area contributed by atoms with Crippen LogP contribution in [0.1, 0.15) is 73.1 Å². The molecule has 44 heavy (non-hydrogen) atoms. The minimum absolute atomic E-state index is 0.0823. The van der Waals surface area contributed by atoms with Crippen LogP contribution < -0.4 is 21.3 Å². The Morgan fingerprint density at radius 1 is 0.909 bits per heavy atom.